The van der Waals surface area contributed by atoms with Gasteiger partial charge in [0.25, 0.3) is 0 Å². The molecule has 0 aliphatic rings. The van der Waals surface area contributed by atoms with Crippen LogP contribution in [0.25, 0.3) is 10.9 Å². The standard InChI is InChI=1S/C24H18ClNO4/c1-28-22-13-19-20(14-23(22)29-2)26-12-11-21(19)30-18-9-5-16(6-10-18)24(27)15-3-7-17(25)8-4-15/h3-14H,1-2H3. The highest BCUT2D eigenvalue weighted by molar-refractivity contribution is 6.30. The lowest BCUT2D eigenvalue weighted by molar-refractivity contribution is 0.103. The third-order valence-electron chi connectivity index (χ3n) is 4.66. The molecule has 0 bridgehead atoms. The molecule has 1 aromatic heterocycles. The van der Waals surface area contributed by atoms with E-state index >= 15 is 0 Å². The van der Waals surface area contributed by atoms with Gasteiger partial charge in [0.05, 0.1) is 19.7 Å². The Bertz CT molecular complexity index is 1200. The van der Waals surface area contributed by atoms with Crippen molar-refractivity contribution in [2.75, 3.05) is 14.2 Å². The number of hydrogen-bond donors (Lipinski definition) is 0. The molecule has 0 saturated carbocycles. The highest BCUT2D eigenvalue weighted by Gasteiger charge is 2.12. The smallest absolute Gasteiger partial charge is 0.193 e. The van der Waals surface area contributed by atoms with E-state index in [1.807, 2.05) is 6.07 Å². The van der Waals surface area contributed by atoms with E-state index in [0.717, 1.165) is 10.9 Å². The van der Waals surface area contributed by atoms with Gasteiger partial charge in [-0.05, 0) is 60.7 Å². The zero-order valence-electron chi connectivity index (χ0n) is 16.4. The predicted octanol–water partition coefficient (Wildman–Crippen LogP) is 5.93. The maximum absolute atomic E-state index is 12.6. The molecule has 6 heteroatoms. The number of rotatable bonds is 6. The number of nitrogens with zero attached hydrogens (tertiary/aromatic N) is 1. The van der Waals surface area contributed by atoms with Gasteiger partial charge in [-0.15, -0.1) is 0 Å². The first-order valence-corrected chi connectivity index (χ1v) is 9.56. The minimum atomic E-state index is -0.0793. The zero-order chi connectivity index (χ0) is 21.1. The summed E-state index contributed by atoms with van der Waals surface area (Å²) < 4.78 is 16.8. The van der Waals surface area contributed by atoms with Crippen molar-refractivity contribution in [3.63, 3.8) is 0 Å². The highest BCUT2D eigenvalue weighted by Crippen LogP contribution is 2.36. The Morgan fingerprint density at radius 1 is 0.800 bits per heavy atom. The van der Waals surface area contributed by atoms with Crippen LogP contribution in [0.15, 0.2) is 72.9 Å². The molecule has 150 valence electrons. The summed E-state index contributed by atoms with van der Waals surface area (Å²) in [6.45, 7) is 0. The van der Waals surface area contributed by atoms with E-state index in [1.165, 1.54) is 0 Å². The third-order valence-corrected chi connectivity index (χ3v) is 4.91. The maximum Gasteiger partial charge on any atom is 0.193 e. The van der Waals surface area contributed by atoms with Crippen LogP contribution in [0.4, 0.5) is 0 Å². The van der Waals surface area contributed by atoms with Crippen LogP contribution in [0.2, 0.25) is 5.02 Å². The summed E-state index contributed by atoms with van der Waals surface area (Å²) in [5.41, 5.74) is 1.87. The molecular weight excluding hydrogens is 402 g/mol. The van der Waals surface area contributed by atoms with Crippen LogP contribution in [0, 0.1) is 0 Å². The summed E-state index contributed by atoms with van der Waals surface area (Å²) in [4.78, 5) is 17.0. The summed E-state index contributed by atoms with van der Waals surface area (Å²) in [6.07, 6.45) is 1.67. The number of ketones is 1. The van der Waals surface area contributed by atoms with Gasteiger partial charge in [-0.1, -0.05) is 11.6 Å². The van der Waals surface area contributed by atoms with Crippen LogP contribution >= 0.6 is 11.6 Å². The normalized spacial score (nSPS) is 10.6. The summed E-state index contributed by atoms with van der Waals surface area (Å²) in [5, 5.41) is 1.38. The van der Waals surface area contributed by atoms with Crippen LogP contribution in [-0.2, 0) is 0 Å². The second-order valence-corrected chi connectivity index (χ2v) is 6.93. The third kappa shape index (κ3) is 3.93. The van der Waals surface area contributed by atoms with Crippen molar-refractivity contribution < 1.29 is 19.0 Å². The lowest BCUT2D eigenvalue weighted by Gasteiger charge is -2.12. The molecule has 30 heavy (non-hydrogen) atoms. The van der Waals surface area contributed by atoms with E-state index in [2.05, 4.69) is 4.98 Å². The number of aromatic nitrogens is 1. The number of carbonyl (C=O) groups excluding carboxylic acids is 1. The summed E-state index contributed by atoms with van der Waals surface area (Å²) >= 11 is 5.89. The van der Waals surface area contributed by atoms with Gasteiger partial charge >= 0.3 is 0 Å². The second-order valence-electron chi connectivity index (χ2n) is 6.50. The molecule has 0 N–H and O–H groups in total. The molecule has 0 unspecified atom stereocenters. The number of ether oxygens (including phenoxy) is 3. The summed E-state index contributed by atoms with van der Waals surface area (Å²) in [7, 11) is 3.16. The van der Waals surface area contributed by atoms with Gasteiger partial charge in [0.15, 0.2) is 17.3 Å². The molecule has 0 saturated heterocycles. The van der Waals surface area contributed by atoms with Crippen molar-refractivity contribution in [1.82, 2.24) is 4.98 Å². The van der Waals surface area contributed by atoms with Crippen molar-refractivity contribution in [3.8, 4) is 23.0 Å². The molecule has 0 atom stereocenters. The van der Waals surface area contributed by atoms with Gasteiger partial charge in [0, 0.05) is 33.8 Å². The Kier molecular flexibility index (Phi) is 5.55. The molecule has 3 aromatic carbocycles. The fourth-order valence-electron chi connectivity index (χ4n) is 3.11. The van der Waals surface area contributed by atoms with E-state index in [-0.39, 0.29) is 5.78 Å². The lowest BCUT2D eigenvalue weighted by atomic mass is 10.0. The molecule has 5 nitrogen and oxygen atoms in total. The first-order valence-electron chi connectivity index (χ1n) is 9.18. The summed E-state index contributed by atoms with van der Waals surface area (Å²) in [5.74, 6) is 2.33. The zero-order valence-corrected chi connectivity index (χ0v) is 17.1. The van der Waals surface area contributed by atoms with Gasteiger partial charge < -0.3 is 14.2 Å². The monoisotopic (exact) mass is 419 g/mol. The molecule has 0 aliphatic carbocycles. The van der Waals surface area contributed by atoms with Crippen LogP contribution in [0.1, 0.15) is 15.9 Å². The van der Waals surface area contributed by atoms with Crippen molar-refractivity contribution in [3.05, 3.63) is 89.1 Å². The average molecular weight is 420 g/mol. The second kappa shape index (κ2) is 8.43. The number of methoxy groups -OCH3 is 2. The van der Waals surface area contributed by atoms with E-state index in [9.17, 15) is 4.79 Å². The largest absolute Gasteiger partial charge is 0.493 e. The number of fused-ring (bicyclic) bond motifs is 1. The van der Waals surface area contributed by atoms with Crippen LogP contribution < -0.4 is 14.2 Å². The van der Waals surface area contributed by atoms with Gasteiger partial charge in [-0.3, -0.25) is 9.78 Å². The number of halogens is 1. The number of carbonyl (C=O) groups is 1. The Labute approximate surface area is 178 Å². The van der Waals surface area contributed by atoms with Crippen molar-refractivity contribution in [2.45, 2.75) is 0 Å². The predicted molar refractivity (Wildman–Crippen MR) is 116 cm³/mol. The number of benzene rings is 3. The molecule has 0 amide bonds. The Balaban J connectivity index is 1.61. The Morgan fingerprint density at radius 2 is 1.40 bits per heavy atom. The van der Waals surface area contributed by atoms with E-state index < -0.39 is 0 Å². The average Bonchev–Trinajstić information content (AvgIpc) is 2.79. The number of hydrogen-bond acceptors (Lipinski definition) is 5. The van der Waals surface area contributed by atoms with Gasteiger partial charge in [0.2, 0.25) is 0 Å². The fourth-order valence-corrected chi connectivity index (χ4v) is 3.23. The molecule has 0 fully saturated rings. The lowest BCUT2D eigenvalue weighted by Crippen LogP contribution is -2.00. The molecule has 0 aliphatic heterocycles. The molecule has 0 spiro atoms. The van der Waals surface area contributed by atoms with Crippen LogP contribution in [0.5, 0.6) is 23.0 Å². The van der Waals surface area contributed by atoms with Gasteiger partial charge in [-0.25, -0.2) is 0 Å². The van der Waals surface area contributed by atoms with Crippen molar-refractivity contribution in [2.24, 2.45) is 0 Å². The van der Waals surface area contributed by atoms with E-state index in [0.29, 0.717) is 39.1 Å². The number of pyridine rings is 1. The topological polar surface area (TPSA) is 57.7 Å². The molecular formula is C24H18ClNO4. The molecule has 0 radical (unpaired) electrons. The van der Waals surface area contributed by atoms with Crippen molar-refractivity contribution in [1.29, 1.82) is 0 Å². The summed E-state index contributed by atoms with van der Waals surface area (Å²) in [6, 6.07) is 19.2. The molecule has 4 aromatic rings. The molecule has 1 heterocycles. The highest BCUT2D eigenvalue weighted by atomic mass is 35.5. The minimum Gasteiger partial charge on any atom is -0.493 e. The maximum atomic E-state index is 12.6. The van der Waals surface area contributed by atoms with Gasteiger partial charge in [-0.2, -0.15) is 0 Å². The Morgan fingerprint density at radius 3 is 2.03 bits per heavy atom. The molecule has 4 rings (SSSR count). The first-order chi connectivity index (χ1) is 14.6. The van der Waals surface area contributed by atoms with E-state index in [1.54, 1.807) is 81.1 Å². The van der Waals surface area contributed by atoms with Crippen LogP contribution in [-0.4, -0.2) is 25.0 Å². The van der Waals surface area contributed by atoms with Gasteiger partial charge in [0.1, 0.15) is 11.5 Å². The minimum absolute atomic E-state index is 0.0793. The fraction of sp³-hybridized carbons (Fsp3) is 0.0833. The Hall–Kier alpha value is -3.57. The SMILES string of the molecule is COc1cc2nccc(Oc3ccc(C(=O)c4ccc(Cl)cc4)cc3)c2cc1OC. The van der Waals surface area contributed by atoms with E-state index in [4.69, 9.17) is 25.8 Å². The first kappa shape index (κ1) is 19.7. The quantitative estimate of drug-likeness (QED) is 0.362. The van der Waals surface area contributed by atoms with Crippen LogP contribution in [0.3, 0.4) is 0 Å². The van der Waals surface area contributed by atoms with Crippen molar-refractivity contribution >= 4 is 28.3 Å².